The number of hydrogen-bond donors (Lipinski definition) is 0. The van der Waals surface area contributed by atoms with Crippen molar-refractivity contribution in [2.45, 2.75) is 215 Å². The average molecular weight is 761 g/mol. The van der Waals surface area contributed by atoms with Crippen molar-refractivity contribution in [3.63, 3.8) is 0 Å². The maximum atomic E-state index is 12.8. The molecule has 0 heterocycles. The molecule has 8 atom stereocenters. The van der Waals surface area contributed by atoms with Gasteiger partial charge in [-0.3, -0.25) is 0 Å². The van der Waals surface area contributed by atoms with Crippen LogP contribution < -0.4 is 4.74 Å². The van der Waals surface area contributed by atoms with E-state index in [2.05, 4.69) is 47.6 Å². The Bertz CT molecular complexity index is 1280. The van der Waals surface area contributed by atoms with Gasteiger partial charge < -0.3 is 14.2 Å². The lowest BCUT2D eigenvalue weighted by atomic mass is 9.47. The third-order valence-corrected chi connectivity index (χ3v) is 15.6. The summed E-state index contributed by atoms with van der Waals surface area (Å²) in [4.78, 5) is 12.8. The van der Waals surface area contributed by atoms with Crippen LogP contribution in [0, 0.1) is 46.3 Å². The SMILES string of the molecule is CCCCCCCCCCCCCCCCOc1ccc(COC(=O)O[C@H]2CC[C@@]3(C)C(=CC[C@H]4[C@@H]5CC[C@H]([C@H](C)CCCC(C)C)[C@@]5(C)CC[C@@H]43)C2)cc1. The molecule has 0 spiro atoms. The van der Waals surface area contributed by atoms with E-state index in [1.807, 2.05) is 24.3 Å². The molecule has 3 saturated carbocycles. The summed E-state index contributed by atoms with van der Waals surface area (Å²) in [5, 5.41) is 0. The lowest BCUT2D eigenvalue weighted by molar-refractivity contribution is -0.0620. The number of fused-ring (bicyclic) bond motifs is 5. The number of rotatable bonds is 24. The minimum atomic E-state index is -0.533. The third-order valence-electron chi connectivity index (χ3n) is 15.6. The Labute approximate surface area is 339 Å². The molecular weight excluding hydrogens is 677 g/mol. The van der Waals surface area contributed by atoms with Crippen molar-refractivity contribution in [1.29, 1.82) is 0 Å². The van der Waals surface area contributed by atoms with E-state index in [0.29, 0.717) is 5.41 Å². The van der Waals surface area contributed by atoms with Crippen molar-refractivity contribution in [1.82, 2.24) is 0 Å². The van der Waals surface area contributed by atoms with Crippen LogP contribution in [0.2, 0.25) is 0 Å². The Morgan fingerprint density at radius 1 is 0.745 bits per heavy atom. The van der Waals surface area contributed by atoms with Gasteiger partial charge >= 0.3 is 6.16 Å². The highest BCUT2D eigenvalue weighted by atomic mass is 16.7. The van der Waals surface area contributed by atoms with Crippen molar-refractivity contribution < 1.29 is 19.0 Å². The molecule has 5 rings (SSSR count). The van der Waals surface area contributed by atoms with Gasteiger partial charge in [-0.2, -0.15) is 0 Å². The number of ether oxygens (including phenoxy) is 3. The fourth-order valence-electron chi connectivity index (χ4n) is 12.2. The fourth-order valence-corrected chi connectivity index (χ4v) is 12.2. The highest BCUT2D eigenvalue weighted by Gasteiger charge is 2.59. The predicted molar refractivity (Wildman–Crippen MR) is 230 cm³/mol. The molecule has 0 saturated heterocycles. The highest BCUT2D eigenvalue weighted by Crippen LogP contribution is 2.67. The van der Waals surface area contributed by atoms with Crippen LogP contribution >= 0.6 is 0 Å². The molecule has 0 radical (unpaired) electrons. The largest absolute Gasteiger partial charge is 0.508 e. The minimum absolute atomic E-state index is 0.0783. The van der Waals surface area contributed by atoms with Crippen LogP contribution in [0.4, 0.5) is 4.79 Å². The summed E-state index contributed by atoms with van der Waals surface area (Å²) in [6.45, 7) is 15.8. The molecular formula is C51H84O4. The topological polar surface area (TPSA) is 44.8 Å². The normalized spacial score (nSPS) is 29.2. The standard InChI is InChI=1S/C51H84O4/c1-7-8-9-10-11-12-13-14-15-16-17-18-19-20-36-53-43-27-24-41(25-28-43)38-54-49(52)55-44-32-34-50(5)42(37-44)26-29-45-47-31-30-46(40(4)23-21-22-39(2)3)51(47,6)35-33-48(45)50/h24-28,39-40,44-48H,7-23,29-38H2,1-6H3/t40-,44+,45+,46-,47+,48+,50+,51-/m1/s1. The molecule has 0 unspecified atom stereocenters. The number of unbranched alkanes of at least 4 members (excludes halogenated alkanes) is 13. The summed E-state index contributed by atoms with van der Waals surface area (Å²) < 4.78 is 17.6. The van der Waals surface area contributed by atoms with E-state index in [1.54, 1.807) is 5.57 Å². The van der Waals surface area contributed by atoms with E-state index in [0.717, 1.165) is 79.1 Å². The van der Waals surface area contributed by atoms with Crippen LogP contribution in [-0.2, 0) is 16.1 Å². The van der Waals surface area contributed by atoms with Crippen LogP contribution in [0.25, 0.3) is 0 Å². The molecule has 4 nitrogen and oxygen atoms in total. The maximum absolute atomic E-state index is 12.8. The molecule has 4 heteroatoms. The molecule has 3 fully saturated rings. The number of benzene rings is 1. The van der Waals surface area contributed by atoms with Crippen LogP contribution in [-0.4, -0.2) is 18.9 Å². The minimum Gasteiger partial charge on any atom is -0.494 e. The molecule has 4 aliphatic carbocycles. The van der Waals surface area contributed by atoms with Gasteiger partial charge in [-0.1, -0.05) is 168 Å². The number of hydrogen-bond acceptors (Lipinski definition) is 4. The Kier molecular flexibility index (Phi) is 17.9. The van der Waals surface area contributed by atoms with E-state index in [-0.39, 0.29) is 18.1 Å². The Hall–Kier alpha value is -1.97. The van der Waals surface area contributed by atoms with Crippen molar-refractivity contribution in [2.24, 2.45) is 46.3 Å². The number of allylic oxidation sites excluding steroid dienone is 1. The lowest BCUT2D eigenvalue weighted by Crippen LogP contribution is -2.51. The molecule has 312 valence electrons. The Balaban J connectivity index is 0.946. The first-order chi connectivity index (χ1) is 26.6. The maximum Gasteiger partial charge on any atom is 0.508 e. The van der Waals surface area contributed by atoms with Gasteiger partial charge in [-0.15, -0.1) is 0 Å². The summed E-state index contributed by atoms with van der Waals surface area (Å²) >= 11 is 0. The summed E-state index contributed by atoms with van der Waals surface area (Å²) in [5.41, 5.74) is 3.29. The van der Waals surface area contributed by atoms with Crippen LogP contribution in [0.3, 0.4) is 0 Å². The van der Waals surface area contributed by atoms with Gasteiger partial charge in [0, 0.05) is 6.42 Å². The summed E-state index contributed by atoms with van der Waals surface area (Å²) in [5.74, 6) is 5.93. The van der Waals surface area contributed by atoms with Gasteiger partial charge in [-0.25, -0.2) is 4.79 Å². The van der Waals surface area contributed by atoms with E-state index in [1.165, 1.54) is 135 Å². The molecule has 0 amide bonds. The quantitative estimate of drug-likeness (QED) is 0.0598. The van der Waals surface area contributed by atoms with Gasteiger partial charge in [0.15, 0.2) is 0 Å². The molecule has 0 aliphatic heterocycles. The van der Waals surface area contributed by atoms with E-state index in [4.69, 9.17) is 14.2 Å². The molecule has 1 aromatic carbocycles. The Morgan fingerprint density at radius 3 is 2.05 bits per heavy atom. The predicted octanol–water partition coefficient (Wildman–Crippen LogP) is 15.6. The van der Waals surface area contributed by atoms with Crippen LogP contribution in [0.5, 0.6) is 5.75 Å². The van der Waals surface area contributed by atoms with Gasteiger partial charge in [0.2, 0.25) is 0 Å². The van der Waals surface area contributed by atoms with Crippen molar-refractivity contribution >= 4 is 6.16 Å². The average Bonchev–Trinajstić information content (AvgIpc) is 3.53. The monoisotopic (exact) mass is 761 g/mol. The van der Waals surface area contributed by atoms with Gasteiger partial charge in [-0.05, 0) is 115 Å². The van der Waals surface area contributed by atoms with Crippen LogP contribution in [0.1, 0.15) is 208 Å². The zero-order valence-electron chi connectivity index (χ0n) is 36.7. The second kappa shape index (κ2) is 22.3. The highest BCUT2D eigenvalue weighted by molar-refractivity contribution is 5.60. The van der Waals surface area contributed by atoms with Crippen LogP contribution in [0.15, 0.2) is 35.9 Å². The first kappa shape index (κ1) is 44.1. The third kappa shape index (κ3) is 12.5. The van der Waals surface area contributed by atoms with Crippen molar-refractivity contribution in [3.05, 3.63) is 41.5 Å². The second-order valence-corrected chi connectivity index (χ2v) is 19.9. The molecule has 55 heavy (non-hydrogen) atoms. The molecule has 0 bridgehead atoms. The van der Waals surface area contributed by atoms with E-state index < -0.39 is 6.16 Å². The Morgan fingerprint density at radius 2 is 1.40 bits per heavy atom. The summed E-state index contributed by atoms with van der Waals surface area (Å²) in [7, 11) is 0. The summed E-state index contributed by atoms with van der Waals surface area (Å²) in [6, 6.07) is 7.98. The zero-order valence-corrected chi connectivity index (χ0v) is 36.7. The number of carbonyl (C=O) groups excluding carboxylic acids is 1. The second-order valence-electron chi connectivity index (χ2n) is 19.9. The van der Waals surface area contributed by atoms with E-state index in [9.17, 15) is 4.79 Å². The molecule has 0 aromatic heterocycles. The van der Waals surface area contributed by atoms with Gasteiger partial charge in [0.25, 0.3) is 0 Å². The first-order valence-corrected chi connectivity index (χ1v) is 23.9. The molecule has 4 aliphatic rings. The van der Waals surface area contributed by atoms with Gasteiger partial charge in [0.1, 0.15) is 18.5 Å². The smallest absolute Gasteiger partial charge is 0.494 e. The van der Waals surface area contributed by atoms with Crippen molar-refractivity contribution in [3.8, 4) is 5.75 Å². The summed E-state index contributed by atoms with van der Waals surface area (Å²) in [6.07, 6.45) is 35.1. The first-order valence-electron chi connectivity index (χ1n) is 23.9. The van der Waals surface area contributed by atoms with Crippen molar-refractivity contribution in [2.75, 3.05) is 6.61 Å². The fraction of sp³-hybridized carbons (Fsp3) is 0.824. The number of carbonyl (C=O) groups is 1. The zero-order chi connectivity index (χ0) is 39.1. The molecule has 1 aromatic rings. The molecule has 0 N–H and O–H groups in total. The van der Waals surface area contributed by atoms with E-state index >= 15 is 0 Å². The van der Waals surface area contributed by atoms with Gasteiger partial charge in [0.05, 0.1) is 6.61 Å². The lowest BCUT2D eigenvalue weighted by Gasteiger charge is -2.58.